The second-order valence-electron chi connectivity index (χ2n) is 5.01. The molecule has 0 aromatic rings. The first kappa shape index (κ1) is 11.1. The highest BCUT2D eigenvalue weighted by Gasteiger charge is 2.30. The van der Waals surface area contributed by atoms with Crippen molar-refractivity contribution in [2.24, 2.45) is 5.92 Å². The lowest BCUT2D eigenvalue weighted by Crippen LogP contribution is -2.47. The van der Waals surface area contributed by atoms with Crippen molar-refractivity contribution in [1.29, 1.82) is 0 Å². The van der Waals surface area contributed by atoms with Gasteiger partial charge in [-0.2, -0.15) is 0 Å². The lowest BCUT2D eigenvalue weighted by atomic mass is 9.87. The van der Waals surface area contributed by atoms with Crippen LogP contribution in [0.15, 0.2) is 0 Å². The topological polar surface area (TPSA) is 32.3 Å². The predicted octanol–water partition coefficient (Wildman–Crippen LogP) is 1.04. The minimum absolute atomic E-state index is 0.162. The van der Waals surface area contributed by atoms with E-state index in [2.05, 4.69) is 17.3 Å². The van der Waals surface area contributed by atoms with Crippen molar-refractivity contribution < 1.29 is 4.79 Å². The molecule has 0 aromatic carbocycles. The largest absolute Gasteiger partial charge is 0.307 e. The van der Waals surface area contributed by atoms with Crippen molar-refractivity contribution in [2.75, 3.05) is 26.7 Å². The first-order valence-corrected chi connectivity index (χ1v) is 6.23. The third-order valence-corrected chi connectivity index (χ3v) is 3.68. The molecular weight excluding hydrogens is 188 g/mol. The van der Waals surface area contributed by atoms with Gasteiger partial charge in [-0.1, -0.05) is 6.42 Å². The molecule has 2 unspecified atom stereocenters. The first-order chi connectivity index (χ1) is 7.27. The zero-order valence-electron chi connectivity index (χ0n) is 9.67. The molecule has 2 atom stereocenters. The third-order valence-electron chi connectivity index (χ3n) is 3.68. The van der Waals surface area contributed by atoms with Gasteiger partial charge < -0.3 is 10.2 Å². The van der Waals surface area contributed by atoms with Crippen LogP contribution in [0.5, 0.6) is 0 Å². The summed E-state index contributed by atoms with van der Waals surface area (Å²) in [5.41, 5.74) is 0. The molecule has 0 aliphatic carbocycles. The van der Waals surface area contributed by atoms with E-state index in [1.807, 2.05) is 0 Å². The molecule has 2 heterocycles. The van der Waals surface area contributed by atoms with Gasteiger partial charge in [-0.25, -0.2) is 0 Å². The molecular formula is C12H22N2O. The van der Waals surface area contributed by atoms with Crippen LogP contribution in [0.4, 0.5) is 0 Å². The van der Waals surface area contributed by atoms with Crippen LogP contribution < -0.4 is 5.32 Å². The summed E-state index contributed by atoms with van der Waals surface area (Å²) >= 11 is 0. The maximum Gasteiger partial charge on any atom is 0.154 e. The molecule has 2 fully saturated rings. The average Bonchev–Trinajstić information content (AvgIpc) is 2.29. The zero-order valence-corrected chi connectivity index (χ0v) is 9.67. The van der Waals surface area contributed by atoms with Gasteiger partial charge in [0.2, 0.25) is 0 Å². The van der Waals surface area contributed by atoms with Crippen LogP contribution >= 0.6 is 0 Å². The molecule has 3 heteroatoms. The summed E-state index contributed by atoms with van der Waals surface area (Å²) < 4.78 is 0. The number of nitrogens with one attached hydrogen (secondary N) is 1. The van der Waals surface area contributed by atoms with E-state index < -0.39 is 0 Å². The molecule has 0 spiro atoms. The molecule has 0 saturated carbocycles. The Morgan fingerprint density at radius 2 is 2.13 bits per heavy atom. The number of rotatable bonds is 2. The summed E-state index contributed by atoms with van der Waals surface area (Å²) in [6.45, 7) is 3.15. The molecule has 15 heavy (non-hydrogen) atoms. The van der Waals surface area contributed by atoms with Crippen molar-refractivity contribution in [3.8, 4) is 0 Å². The summed E-state index contributed by atoms with van der Waals surface area (Å²) in [4.78, 5) is 14.5. The SMILES string of the molecule is CN1CCCC(C(=O)C2CCCCN2)C1. The molecule has 2 aliphatic rings. The molecule has 1 N–H and O–H groups in total. The summed E-state index contributed by atoms with van der Waals surface area (Å²) in [7, 11) is 2.12. The van der Waals surface area contributed by atoms with Crippen LogP contribution in [0.1, 0.15) is 32.1 Å². The summed E-state index contributed by atoms with van der Waals surface area (Å²) in [6.07, 6.45) is 5.78. The maximum absolute atomic E-state index is 12.2. The highest BCUT2D eigenvalue weighted by molar-refractivity contribution is 5.86. The normalized spacial score (nSPS) is 33.9. The van der Waals surface area contributed by atoms with Crippen LogP contribution in [-0.4, -0.2) is 43.4 Å². The van der Waals surface area contributed by atoms with Crippen LogP contribution in [0.3, 0.4) is 0 Å². The molecule has 0 bridgehead atoms. The Labute approximate surface area is 92.2 Å². The van der Waals surface area contributed by atoms with Crippen molar-refractivity contribution in [2.45, 2.75) is 38.1 Å². The number of ketones is 1. The molecule has 3 nitrogen and oxygen atoms in total. The van der Waals surface area contributed by atoms with Gasteiger partial charge in [0.05, 0.1) is 6.04 Å². The molecule has 2 saturated heterocycles. The minimum Gasteiger partial charge on any atom is -0.307 e. The van der Waals surface area contributed by atoms with Gasteiger partial charge in [0.1, 0.15) is 0 Å². The number of piperidine rings is 2. The standard InChI is InChI=1S/C12H22N2O/c1-14-8-4-5-10(9-14)12(15)11-6-2-3-7-13-11/h10-11,13H,2-9H2,1H3. The smallest absolute Gasteiger partial charge is 0.154 e. The fraction of sp³-hybridized carbons (Fsp3) is 0.917. The van der Waals surface area contributed by atoms with E-state index in [0.717, 1.165) is 32.5 Å². The minimum atomic E-state index is 0.162. The molecule has 86 valence electrons. The maximum atomic E-state index is 12.2. The Morgan fingerprint density at radius 3 is 2.80 bits per heavy atom. The number of carbonyl (C=O) groups excluding carboxylic acids is 1. The first-order valence-electron chi connectivity index (χ1n) is 6.23. The summed E-state index contributed by atoms with van der Waals surface area (Å²) in [5.74, 6) is 0.764. The quantitative estimate of drug-likeness (QED) is 0.739. The Hall–Kier alpha value is -0.410. The van der Waals surface area contributed by atoms with Gasteiger partial charge in [0, 0.05) is 12.5 Å². The van der Waals surface area contributed by atoms with E-state index in [9.17, 15) is 4.79 Å². The molecule has 2 rings (SSSR count). The van der Waals surface area contributed by atoms with Crippen LogP contribution in [0, 0.1) is 5.92 Å². The summed E-state index contributed by atoms with van der Waals surface area (Å²) in [6, 6.07) is 0.162. The number of likely N-dealkylation sites (tertiary alicyclic amines) is 1. The molecule has 0 radical (unpaired) electrons. The van der Waals surface area contributed by atoms with Crippen molar-refractivity contribution in [1.82, 2.24) is 10.2 Å². The van der Waals surface area contributed by atoms with Crippen molar-refractivity contribution in [3.63, 3.8) is 0 Å². The number of hydrogen-bond donors (Lipinski definition) is 1. The highest BCUT2D eigenvalue weighted by Crippen LogP contribution is 2.20. The van der Waals surface area contributed by atoms with Gasteiger partial charge in [0.15, 0.2) is 5.78 Å². The Kier molecular flexibility index (Phi) is 3.76. The van der Waals surface area contributed by atoms with Gasteiger partial charge >= 0.3 is 0 Å². The monoisotopic (exact) mass is 210 g/mol. The third kappa shape index (κ3) is 2.79. The van der Waals surface area contributed by atoms with Crippen LogP contribution in [0.2, 0.25) is 0 Å². The number of Topliss-reactive ketones (excluding diaryl/α,β-unsaturated/α-hetero) is 1. The number of nitrogens with zero attached hydrogens (tertiary/aromatic N) is 1. The zero-order chi connectivity index (χ0) is 10.7. The fourth-order valence-corrected chi connectivity index (χ4v) is 2.78. The van der Waals surface area contributed by atoms with E-state index >= 15 is 0 Å². The van der Waals surface area contributed by atoms with E-state index in [1.54, 1.807) is 0 Å². The van der Waals surface area contributed by atoms with E-state index in [-0.39, 0.29) is 6.04 Å². The Bertz CT molecular complexity index is 224. The number of carbonyl (C=O) groups is 1. The van der Waals surface area contributed by atoms with Crippen molar-refractivity contribution in [3.05, 3.63) is 0 Å². The summed E-state index contributed by atoms with van der Waals surface area (Å²) in [5, 5.41) is 3.36. The predicted molar refractivity (Wildman–Crippen MR) is 60.9 cm³/mol. The average molecular weight is 210 g/mol. The lowest BCUT2D eigenvalue weighted by Gasteiger charge is -2.32. The van der Waals surface area contributed by atoms with Gasteiger partial charge in [-0.15, -0.1) is 0 Å². The van der Waals surface area contributed by atoms with Crippen LogP contribution in [0.25, 0.3) is 0 Å². The molecule has 2 aliphatic heterocycles. The number of hydrogen-bond acceptors (Lipinski definition) is 3. The van der Waals surface area contributed by atoms with Crippen molar-refractivity contribution >= 4 is 5.78 Å². The van der Waals surface area contributed by atoms with Gasteiger partial charge in [-0.3, -0.25) is 4.79 Å². The highest BCUT2D eigenvalue weighted by atomic mass is 16.1. The molecule has 0 amide bonds. The van der Waals surface area contributed by atoms with E-state index in [4.69, 9.17) is 0 Å². The van der Waals surface area contributed by atoms with Crippen LogP contribution in [-0.2, 0) is 4.79 Å². The van der Waals surface area contributed by atoms with E-state index in [0.29, 0.717) is 11.7 Å². The lowest BCUT2D eigenvalue weighted by molar-refractivity contribution is -0.127. The fourth-order valence-electron chi connectivity index (χ4n) is 2.78. The second kappa shape index (κ2) is 5.08. The van der Waals surface area contributed by atoms with Gasteiger partial charge in [0.25, 0.3) is 0 Å². The van der Waals surface area contributed by atoms with E-state index in [1.165, 1.54) is 19.3 Å². The Morgan fingerprint density at radius 1 is 1.27 bits per heavy atom. The Balaban J connectivity index is 1.88. The van der Waals surface area contributed by atoms with Gasteiger partial charge in [-0.05, 0) is 45.8 Å². The second-order valence-corrected chi connectivity index (χ2v) is 5.01. The molecule has 0 aromatic heterocycles.